The van der Waals surface area contributed by atoms with Crippen molar-refractivity contribution in [3.8, 4) is 5.75 Å². The Morgan fingerprint density at radius 1 is 1.24 bits per heavy atom. The highest BCUT2D eigenvalue weighted by atomic mass is 16.5. The van der Waals surface area contributed by atoms with Gasteiger partial charge in [-0.15, -0.1) is 6.58 Å². The molecule has 0 saturated heterocycles. The van der Waals surface area contributed by atoms with Gasteiger partial charge in [-0.25, -0.2) is 4.79 Å². The zero-order valence-corrected chi connectivity index (χ0v) is 13.1. The summed E-state index contributed by atoms with van der Waals surface area (Å²) in [5, 5.41) is 2.75. The van der Waals surface area contributed by atoms with Gasteiger partial charge in [0, 0.05) is 12.0 Å². The average molecular weight is 291 g/mol. The maximum absolute atomic E-state index is 11.5. The number of hydrogen-bond acceptors (Lipinski definition) is 3. The minimum atomic E-state index is -0.383. The largest absolute Gasteiger partial charge is 0.493 e. The van der Waals surface area contributed by atoms with Gasteiger partial charge < -0.3 is 14.8 Å². The highest BCUT2D eigenvalue weighted by Gasteiger charge is 2.14. The van der Waals surface area contributed by atoms with Gasteiger partial charge in [-0.05, 0) is 44.9 Å². The van der Waals surface area contributed by atoms with Crippen molar-refractivity contribution in [1.29, 1.82) is 0 Å². The van der Waals surface area contributed by atoms with Crippen molar-refractivity contribution in [1.82, 2.24) is 5.32 Å². The lowest BCUT2D eigenvalue weighted by molar-refractivity contribution is 0.139. The second kappa shape index (κ2) is 8.35. The first-order chi connectivity index (χ1) is 9.90. The highest BCUT2D eigenvalue weighted by molar-refractivity contribution is 5.68. The fourth-order valence-corrected chi connectivity index (χ4v) is 1.62. The van der Waals surface area contributed by atoms with Gasteiger partial charge in [0.2, 0.25) is 0 Å². The van der Waals surface area contributed by atoms with Crippen molar-refractivity contribution < 1.29 is 14.3 Å². The predicted molar refractivity (Wildman–Crippen MR) is 84.7 cm³/mol. The van der Waals surface area contributed by atoms with E-state index in [0.717, 1.165) is 17.7 Å². The van der Waals surface area contributed by atoms with Crippen LogP contribution >= 0.6 is 0 Å². The molecule has 0 atom stereocenters. The first-order valence-corrected chi connectivity index (χ1v) is 7.18. The maximum atomic E-state index is 11.5. The minimum absolute atomic E-state index is 0.276. The third-order valence-electron chi connectivity index (χ3n) is 2.62. The van der Waals surface area contributed by atoms with Crippen molar-refractivity contribution in [3.05, 3.63) is 42.5 Å². The molecule has 21 heavy (non-hydrogen) atoms. The molecule has 0 spiro atoms. The van der Waals surface area contributed by atoms with Gasteiger partial charge in [-0.3, -0.25) is 0 Å². The number of benzene rings is 1. The Hall–Kier alpha value is -1.97. The summed E-state index contributed by atoms with van der Waals surface area (Å²) in [5.41, 5.74) is 0.830. The topological polar surface area (TPSA) is 47.6 Å². The maximum Gasteiger partial charge on any atom is 0.407 e. The lowest BCUT2D eigenvalue weighted by atomic mass is 10.1. The molecule has 116 valence electrons. The fourth-order valence-electron chi connectivity index (χ4n) is 1.62. The molecule has 0 aliphatic rings. The molecule has 4 heteroatoms. The van der Waals surface area contributed by atoms with Crippen LogP contribution in [0.15, 0.2) is 36.9 Å². The third kappa shape index (κ3) is 8.02. The van der Waals surface area contributed by atoms with Gasteiger partial charge in [0.25, 0.3) is 0 Å². The van der Waals surface area contributed by atoms with Crippen molar-refractivity contribution in [3.63, 3.8) is 0 Å². The number of amides is 1. The number of carbonyl (C=O) groups is 1. The van der Waals surface area contributed by atoms with Gasteiger partial charge in [0.15, 0.2) is 0 Å². The highest BCUT2D eigenvalue weighted by Crippen LogP contribution is 2.13. The zero-order chi connectivity index (χ0) is 15.7. The van der Waals surface area contributed by atoms with Crippen LogP contribution in [0.25, 0.3) is 0 Å². The molecule has 0 radical (unpaired) electrons. The summed E-state index contributed by atoms with van der Waals surface area (Å²) in [5.74, 6) is 0.840. The SMILES string of the molecule is C=CCCOc1ccc(CCOC(=O)NC(C)(C)C)cc1. The number of hydrogen-bond donors (Lipinski definition) is 1. The predicted octanol–water partition coefficient (Wildman–Crippen LogP) is 3.71. The first kappa shape index (κ1) is 17.1. The molecule has 0 heterocycles. The molecule has 1 N–H and O–H groups in total. The zero-order valence-electron chi connectivity index (χ0n) is 13.1. The van der Waals surface area contributed by atoms with Crippen LogP contribution in [0.1, 0.15) is 32.8 Å². The Balaban J connectivity index is 2.29. The van der Waals surface area contributed by atoms with E-state index in [4.69, 9.17) is 9.47 Å². The lowest BCUT2D eigenvalue weighted by Crippen LogP contribution is -2.41. The van der Waals surface area contributed by atoms with Gasteiger partial charge >= 0.3 is 6.09 Å². The van der Waals surface area contributed by atoms with E-state index in [2.05, 4.69) is 11.9 Å². The Labute approximate surface area is 127 Å². The van der Waals surface area contributed by atoms with Crippen molar-refractivity contribution in [2.45, 2.75) is 39.2 Å². The molecule has 0 aliphatic heterocycles. The van der Waals surface area contributed by atoms with Gasteiger partial charge in [-0.1, -0.05) is 18.2 Å². The van der Waals surface area contributed by atoms with Crippen LogP contribution in [0.3, 0.4) is 0 Å². The van der Waals surface area contributed by atoms with E-state index >= 15 is 0 Å². The van der Waals surface area contributed by atoms with Crippen LogP contribution in [0.5, 0.6) is 5.75 Å². The van der Waals surface area contributed by atoms with Crippen molar-refractivity contribution in [2.75, 3.05) is 13.2 Å². The summed E-state index contributed by atoms with van der Waals surface area (Å²) in [4.78, 5) is 11.5. The van der Waals surface area contributed by atoms with Crippen molar-refractivity contribution >= 4 is 6.09 Å². The molecule has 0 unspecified atom stereocenters. The fraction of sp³-hybridized carbons (Fsp3) is 0.471. The number of alkyl carbamates (subject to hydrolysis) is 1. The number of nitrogens with one attached hydrogen (secondary N) is 1. The second-order valence-corrected chi connectivity index (χ2v) is 5.83. The van der Waals surface area contributed by atoms with Crippen LogP contribution in [0.2, 0.25) is 0 Å². The van der Waals surface area contributed by atoms with E-state index in [1.165, 1.54) is 0 Å². The van der Waals surface area contributed by atoms with E-state index < -0.39 is 0 Å². The summed E-state index contributed by atoms with van der Waals surface area (Å²) in [7, 11) is 0. The summed E-state index contributed by atoms with van der Waals surface area (Å²) in [6.07, 6.45) is 2.96. The molecular formula is C17H25NO3. The van der Waals surface area contributed by atoms with E-state index in [9.17, 15) is 4.79 Å². The lowest BCUT2D eigenvalue weighted by Gasteiger charge is -2.19. The van der Waals surface area contributed by atoms with E-state index in [1.807, 2.05) is 51.1 Å². The molecule has 0 aliphatic carbocycles. The Morgan fingerprint density at radius 3 is 2.48 bits per heavy atom. The van der Waals surface area contributed by atoms with E-state index in [0.29, 0.717) is 19.6 Å². The number of rotatable bonds is 7. The minimum Gasteiger partial charge on any atom is -0.493 e. The standard InChI is InChI=1S/C17H25NO3/c1-5-6-12-20-15-9-7-14(8-10-15)11-13-21-16(19)18-17(2,3)4/h5,7-10H,1,6,11-13H2,2-4H3,(H,18,19). The average Bonchev–Trinajstić information content (AvgIpc) is 2.39. The molecule has 1 amide bonds. The van der Waals surface area contributed by atoms with Crippen LogP contribution in [0, 0.1) is 0 Å². The molecule has 0 aromatic heterocycles. The third-order valence-corrected chi connectivity index (χ3v) is 2.62. The molecule has 0 fully saturated rings. The van der Waals surface area contributed by atoms with Crippen LogP contribution in [-0.4, -0.2) is 24.8 Å². The van der Waals surface area contributed by atoms with Gasteiger partial charge in [0.1, 0.15) is 5.75 Å². The van der Waals surface area contributed by atoms with Crippen LogP contribution < -0.4 is 10.1 Å². The Kier molecular flexibility index (Phi) is 6.79. The number of carbonyl (C=O) groups excluding carboxylic acids is 1. The molecule has 0 saturated carbocycles. The summed E-state index contributed by atoms with van der Waals surface area (Å²) in [6.45, 7) is 10.4. The van der Waals surface area contributed by atoms with Crippen molar-refractivity contribution in [2.24, 2.45) is 0 Å². The Morgan fingerprint density at radius 2 is 1.90 bits per heavy atom. The molecule has 1 aromatic carbocycles. The molecular weight excluding hydrogens is 266 g/mol. The Bertz CT molecular complexity index is 446. The van der Waals surface area contributed by atoms with Crippen LogP contribution in [-0.2, 0) is 11.2 Å². The molecule has 1 aromatic rings. The quantitative estimate of drug-likeness (QED) is 0.615. The van der Waals surface area contributed by atoms with Gasteiger partial charge in [-0.2, -0.15) is 0 Å². The first-order valence-electron chi connectivity index (χ1n) is 7.18. The molecule has 1 rings (SSSR count). The normalized spacial score (nSPS) is 10.8. The van der Waals surface area contributed by atoms with Gasteiger partial charge in [0.05, 0.1) is 13.2 Å². The molecule has 0 bridgehead atoms. The smallest absolute Gasteiger partial charge is 0.407 e. The summed E-state index contributed by atoms with van der Waals surface area (Å²) < 4.78 is 10.7. The second-order valence-electron chi connectivity index (χ2n) is 5.83. The summed E-state index contributed by atoms with van der Waals surface area (Å²) in [6, 6.07) is 7.81. The van der Waals surface area contributed by atoms with E-state index in [-0.39, 0.29) is 11.6 Å². The number of ether oxygens (including phenoxy) is 2. The van der Waals surface area contributed by atoms with Crippen LogP contribution in [0.4, 0.5) is 4.79 Å². The monoisotopic (exact) mass is 291 g/mol. The molecule has 4 nitrogen and oxygen atoms in total. The van der Waals surface area contributed by atoms with E-state index in [1.54, 1.807) is 0 Å². The summed E-state index contributed by atoms with van der Waals surface area (Å²) >= 11 is 0.